The Labute approximate surface area is 365 Å². The largest absolute Gasteiger partial charge is 0.508 e. The lowest BCUT2D eigenvalue weighted by Gasteiger charge is -2.48. The number of hydrogen-bond acceptors (Lipinski definition) is 23. The molecule has 0 spiro atoms. The predicted molar refractivity (Wildman–Crippen MR) is 214 cm³/mol. The van der Waals surface area contributed by atoms with Gasteiger partial charge in [0.2, 0.25) is 17.5 Å². The van der Waals surface area contributed by atoms with Crippen LogP contribution in [0.1, 0.15) is 12.5 Å². The van der Waals surface area contributed by atoms with Crippen molar-refractivity contribution in [3.8, 4) is 45.8 Å². The summed E-state index contributed by atoms with van der Waals surface area (Å²) in [4.78, 5) is 25.6. The number of aromatic hydroxyl groups is 5. The number of carbonyl (C=O) groups is 1. The van der Waals surface area contributed by atoms with Crippen molar-refractivity contribution in [1.29, 1.82) is 0 Å². The smallest absolute Gasteiger partial charge is 0.330 e. The topological polar surface area (TPSA) is 375 Å². The van der Waals surface area contributed by atoms with Crippen molar-refractivity contribution in [2.45, 2.75) is 99.0 Å². The van der Waals surface area contributed by atoms with Gasteiger partial charge in [0.25, 0.3) is 0 Å². The van der Waals surface area contributed by atoms with Gasteiger partial charge in [0.15, 0.2) is 29.8 Å². The standard InChI is InChI=1S/C42H46O23/c1-15-28(49)33(54)39(65-40-35(56)32(53)29(50)25(63-40)14-58-26(48)9-4-16-2-6-18(44)7-3-16)42(59-15)64-38-30(51)24(13-43)62-41(36(38)57)60-19-11-22(47)27-23(12-19)61-37(34(55)31(27)52)17-5-8-20(45)21(46)10-17/h2-12,15,24-25,28-30,32-33,35-36,38-47,49-51,53-57H,13-14H2,1H3/t15-,24+,25+,28-,29+,30+,32-,33+,35+,36+,38-,39+,40-,41+,42-/m0/s1. The highest BCUT2D eigenvalue weighted by molar-refractivity contribution is 5.88. The van der Waals surface area contributed by atoms with Crippen molar-refractivity contribution in [3.05, 3.63) is 76.5 Å². The summed E-state index contributed by atoms with van der Waals surface area (Å²) < 4.78 is 45.4. The van der Waals surface area contributed by atoms with E-state index in [-0.39, 0.29) is 22.6 Å². The first kappa shape index (κ1) is 47.3. The van der Waals surface area contributed by atoms with Crippen molar-refractivity contribution in [1.82, 2.24) is 0 Å². The van der Waals surface area contributed by atoms with Crippen LogP contribution in [0.25, 0.3) is 28.4 Å². The normalized spacial score (nSPS) is 33.0. The highest BCUT2D eigenvalue weighted by Gasteiger charge is 2.54. The minimum Gasteiger partial charge on any atom is -0.508 e. The minimum absolute atomic E-state index is 0.00402. The molecule has 0 radical (unpaired) electrons. The quantitative estimate of drug-likeness (QED) is 0.0419. The third-order valence-corrected chi connectivity index (χ3v) is 11.0. The number of rotatable bonds is 12. The van der Waals surface area contributed by atoms with Gasteiger partial charge in [-0.2, -0.15) is 0 Å². The van der Waals surface area contributed by atoms with Gasteiger partial charge in [-0.25, -0.2) is 4.79 Å². The lowest BCUT2D eigenvalue weighted by molar-refractivity contribution is -0.384. The molecule has 4 heterocycles. The van der Waals surface area contributed by atoms with Gasteiger partial charge >= 0.3 is 5.97 Å². The number of phenolic OH excluding ortho intramolecular Hbond substituents is 4. The van der Waals surface area contributed by atoms with Crippen LogP contribution in [0.5, 0.6) is 34.5 Å². The summed E-state index contributed by atoms with van der Waals surface area (Å²) in [6, 6.07) is 11.1. The number of hydrogen-bond donors (Lipinski definition) is 13. The lowest BCUT2D eigenvalue weighted by Crippen LogP contribution is -2.66. The van der Waals surface area contributed by atoms with Crippen molar-refractivity contribution >= 4 is 23.0 Å². The zero-order chi connectivity index (χ0) is 47.0. The van der Waals surface area contributed by atoms with E-state index in [1.165, 1.54) is 43.3 Å². The Morgan fingerprint density at radius 3 is 2.06 bits per heavy atom. The van der Waals surface area contributed by atoms with Crippen LogP contribution in [-0.2, 0) is 33.2 Å². The molecule has 23 heteroatoms. The molecule has 4 aromatic rings. The molecule has 3 fully saturated rings. The summed E-state index contributed by atoms with van der Waals surface area (Å²) in [6.07, 6.45) is -24.8. The average molecular weight is 919 g/mol. The number of phenols is 4. The second-order valence-electron chi connectivity index (χ2n) is 15.4. The molecule has 3 aromatic carbocycles. The zero-order valence-corrected chi connectivity index (χ0v) is 33.8. The van der Waals surface area contributed by atoms with E-state index in [2.05, 4.69) is 0 Å². The molecule has 15 atom stereocenters. The van der Waals surface area contributed by atoms with E-state index in [0.29, 0.717) is 5.56 Å². The highest BCUT2D eigenvalue weighted by Crippen LogP contribution is 2.39. The molecule has 0 amide bonds. The Morgan fingerprint density at radius 1 is 0.677 bits per heavy atom. The monoisotopic (exact) mass is 918 g/mol. The fourth-order valence-corrected chi connectivity index (χ4v) is 7.33. The Bertz CT molecular complexity index is 2400. The summed E-state index contributed by atoms with van der Waals surface area (Å²) in [5.41, 5.74) is -0.997. The zero-order valence-electron chi connectivity index (χ0n) is 33.8. The van der Waals surface area contributed by atoms with E-state index in [1.807, 2.05) is 0 Å². The van der Waals surface area contributed by atoms with Gasteiger partial charge in [-0.05, 0) is 48.9 Å². The Morgan fingerprint density at radius 2 is 1.37 bits per heavy atom. The minimum atomic E-state index is -2.04. The summed E-state index contributed by atoms with van der Waals surface area (Å²) in [7, 11) is 0. The number of aliphatic hydroxyl groups excluding tert-OH is 8. The maximum absolute atomic E-state index is 13.1. The molecule has 0 unspecified atom stereocenters. The highest BCUT2D eigenvalue weighted by atomic mass is 16.8. The molecule has 23 nitrogen and oxygen atoms in total. The second kappa shape index (κ2) is 19.4. The summed E-state index contributed by atoms with van der Waals surface area (Å²) >= 11 is 0. The van der Waals surface area contributed by atoms with Gasteiger partial charge in [-0.15, -0.1) is 0 Å². The van der Waals surface area contributed by atoms with Crippen LogP contribution in [0.2, 0.25) is 0 Å². The SMILES string of the molecule is C[C@@H]1O[C@@H](O[C@@H]2[C@@H](O)[C@H](Oc3cc(O)c4c(=O)c(O)c(-c5ccc(O)c(O)c5)oc4c3)O[C@H](CO)[C@H]2O)[C@H](O[C@@H]2O[C@H](COC(=O)C=Cc3ccc(O)cc3)[C@@H](O)[C@H](O)[C@H]2O)[C@H](O)[C@H]1O. The lowest BCUT2D eigenvalue weighted by atomic mass is 9.96. The molecule has 13 N–H and O–H groups in total. The molecule has 3 saturated heterocycles. The molecular formula is C42H46O23. The van der Waals surface area contributed by atoms with Gasteiger partial charge < -0.3 is 104 Å². The number of benzene rings is 3. The molecule has 1 aromatic heterocycles. The van der Waals surface area contributed by atoms with E-state index in [4.69, 9.17) is 37.6 Å². The van der Waals surface area contributed by atoms with Crippen LogP contribution in [0.15, 0.2) is 69.9 Å². The average Bonchev–Trinajstić information content (AvgIpc) is 3.27. The Hall–Kier alpha value is -5.64. The number of fused-ring (bicyclic) bond motifs is 1. The van der Waals surface area contributed by atoms with Crippen LogP contribution in [-0.4, -0.2) is 178 Å². The predicted octanol–water partition coefficient (Wildman–Crippen LogP) is -1.89. The van der Waals surface area contributed by atoms with Crippen molar-refractivity contribution < 1.29 is 109 Å². The van der Waals surface area contributed by atoms with Gasteiger partial charge in [-0.1, -0.05) is 12.1 Å². The number of esters is 1. The van der Waals surface area contributed by atoms with Crippen molar-refractivity contribution in [3.63, 3.8) is 0 Å². The number of carbonyl (C=O) groups excluding carboxylic acids is 1. The van der Waals surface area contributed by atoms with Crippen LogP contribution < -0.4 is 10.2 Å². The Kier molecular flexibility index (Phi) is 14.2. The molecule has 0 bridgehead atoms. The van der Waals surface area contributed by atoms with E-state index < -0.39 is 151 Å². The molecule has 7 rings (SSSR count). The second-order valence-corrected chi connectivity index (χ2v) is 15.4. The van der Waals surface area contributed by atoms with E-state index in [0.717, 1.165) is 30.3 Å². The Balaban J connectivity index is 1.09. The molecule has 352 valence electrons. The number of ether oxygens (including phenoxy) is 7. The maximum Gasteiger partial charge on any atom is 0.330 e. The van der Waals surface area contributed by atoms with Crippen molar-refractivity contribution in [2.24, 2.45) is 0 Å². The summed E-state index contributed by atoms with van der Waals surface area (Å²) in [6.45, 7) is -0.269. The first-order valence-corrected chi connectivity index (χ1v) is 19.9. The summed E-state index contributed by atoms with van der Waals surface area (Å²) in [5.74, 6) is -4.57. The van der Waals surface area contributed by atoms with E-state index >= 15 is 0 Å². The van der Waals surface area contributed by atoms with Crippen LogP contribution >= 0.6 is 0 Å². The maximum atomic E-state index is 13.1. The molecule has 0 aliphatic carbocycles. The fourth-order valence-electron chi connectivity index (χ4n) is 7.33. The van der Waals surface area contributed by atoms with E-state index in [1.54, 1.807) is 0 Å². The molecular weight excluding hydrogens is 872 g/mol. The molecule has 3 aliphatic rings. The van der Waals surface area contributed by atoms with Gasteiger partial charge in [0, 0.05) is 23.8 Å². The van der Waals surface area contributed by atoms with Gasteiger partial charge in [0.1, 0.15) is 102 Å². The van der Waals surface area contributed by atoms with E-state index in [9.17, 15) is 76.0 Å². The molecule has 3 aliphatic heterocycles. The van der Waals surface area contributed by atoms with Crippen LogP contribution in [0, 0.1) is 0 Å². The third-order valence-electron chi connectivity index (χ3n) is 11.0. The van der Waals surface area contributed by atoms with Crippen LogP contribution in [0.3, 0.4) is 0 Å². The summed E-state index contributed by atoms with van der Waals surface area (Å²) in [5, 5.41) is 137. The van der Waals surface area contributed by atoms with Crippen molar-refractivity contribution in [2.75, 3.05) is 13.2 Å². The third kappa shape index (κ3) is 9.83. The fraction of sp³-hybridized carbons (Fsp3) is 0.429. The molecule has 65 heavy (non-hydrogen) atoms. The molecule has 0 saturated carbocycles. The first-order valence-electron chi connectivity index (χ1n) is 19.9. The first-order chi connectivity index (χ1) is 30.9. The van der Waals surface area contributed by atoms with Gasteiger partial charge in [-0.3, -0.25) is 4.79 Å². The number of aliphatic hydroxyl groups is 8. The van der Waals surface area contributed by atoms with Gasteiger partial charge in [0.05, 0.1) is 12.7 Å². The van der Waals surface area contributed by atoms with Crippen LogP contribution in [0.4, 0.5) is 0 Å².